The summed E-state index contributed by atoms with van der Waals surface area (Å²) < 4.78 is 10.7. The van der Waals surface area contributed by atoms with Crippen LogP contribution in [-0.4, -0.2) is 31.5 Å². The molecule has 0 saturated carbocycles. The first-order valence-corrected chi connectivity index (χ1v) is 6.39. The third-order valence-electron chi connectivity index (χ3n) is 2.12. The quantitative estimate of drug-likeness (QED) is 0.565. The van der Waals surface area contributed by atoms with Gasteiger partial charge in [0.05, 0.1) is 13.7 Å². The fourth-order valence-electron chi connectivity index (χ4n) is 1.24. The van der Waals surface area contributed by atoms with E-state index < -0.39 is 0 Å². The second kappa shape index (κ2) is 6.43. The van der Waals surface area contributed by atoms with Gasteiger partial charge in [-0.2, -0.15) is 11.8 Å². The molecule has 0 saturated heterocycles. The lowest BCUT2D eigenvalue weighted by Crippen LogP contribution is -2.02. The lowest BCUT2D eigenvalue weighted by molar-refractivity contribution is 0.101. The SMILES string of the molecule is COc1cc(C(C)=O)ccc1OCCSC. The first-order valence-electron chi connectivity index (χ1n) is 4.99. The standard InChI is InChI=1S/C12H16O3S/c1-9(13)10-4-5-11(12(8-10)14-2)15-6-7-16-3/h4-5,8H,6-7H2,1-3H3. The molecule has 1 rings (SSSR count). The maximum atomic E-state index is 11.2. The highest BCUT2D eigenvalue weighted by Gasteiger charge is 2.07. The van der Waals surface area contributed by atoms with Crippen molar-refractivity contribution in [3.8, 4) is 11.5 Å². The molecule has 0 amide bonds. The van der Waals surface area contributed by atoms with E-state index >= 15 is 0 Å². The fourth-order valence-corrected chi connectivity index (χ4v) is 1.49. The third-order valence-corrected chi connectivity index (χ3v) is 2.69. The van der Waals surface area contributed by atoms with Gasteiger partial charge in [-0.25, -0.2) is 0 Å². The summed E-state index contributed by atoms with van der Waals surface area (Å²) in [4.78, 5) is 11.2. The largest absolute Gasteiger partial charge is 0.493 e. The number of hydrogen-bond acceptors (Lipinski definition) is 4. The Balaban J connectivity index is 2.80. The van der Waals surface area contributed by atoms with Gasteiger partial charge in [0, 0.05) is 11.3 Å². The van der Waals surface area contributed by atoms with Crippen molar-refractivity contribution in [1.82, 2.24) is 0 Å². The normalized spacial score (nSPS) is 9.94. The fraction of sp³-hybridized carbons (Fsp3) is 0.417. The first kappa shape index (κ1) is 12.9. The first-order chi connectivity index (χ1) is 7.69. The van der Waals surface area contributed by atoms with Crippen LogP contribution in [0.3, 0.4) is 0 Å². The van der Waals surface area contributed by atoms with Gasteiger partial charge in [0.2, 0.25) is 0 Å². The van der Waals surface area contributed by atoms with E-state index in [0.717, 1.165) is 5.75 Å². The molecule has 16 heavy (non-hydrogen) atoms. The summed E-state index contributed by atoms with van der Waals surface area (Å²) in [6, 6.07) is 5.23. The lowest BCUT2D eigenvalue weighted by Gasteiger charge is -2.10. The second-order valence-electron chi connectivity index (χ2n) is 3.26. The number of carbonyl (C=O) groups is 1. The van der Waals surface area contributed by atoms with Crippen molar-refractivity contribution in [1.29, 1.82) is 0 Å². The predicted molar refractivity (Wildman–Crippen MR) is 66.9 cm³/mol. The average Bonchev–Trinajstić information content (AvgIpc) is 2.29. The molecule has 0 radical (unpaired) electrons. The molecule has 0 unspecified atom stereocenters. The number of ketones is 1. The van der Waals surface area contributed by atoms with Crippen LogP contribution < -0.4 is 9.47 Å². The van der Waals surface area contributed by atoms with Crippen LogP contribution in [0.2, 0.25) is 0 Å². The highest BCUT2D eigenvalue weighted by Crippen LogP contribution is 2.28. The molecular weight excluding hydrogens is 224 g/mol. The molecule has 0 N–H and O–H groups in total. The molecule has 0 aliphatic heterocycles. The van der Waals surface area contributed by atoms with E-state index in [0.29, 0.717) is 23.7 Å². The number of thioether (sulfide) groups is 1. The summed E-state index contributed by atoms with van der Waals surface area (Å²) >= 11 is 1.72. The van der Waals surface area contributed by atoms with E-state index in [-0.39, 0.29) is 5.78 Å². The summed E-state index contributed by atoms with van der Waals surface area (Å²) in [6.07, 6.45) is 2.03. The summed E-state index contributed by atoms with van der Waals surface area (Å²) in [6.45, 7) is 2.17. The summed E-state index contributed by atoms with van der Waals surface area (Å²) in [5, 5.41) is 0. The van der Waals surface area contributed by atoms with E-state index in [1.807, 2.05) is 6.26 Å². The number of Topliss-reactive ketones (excluding diaryl/α,β-unsaturated/α-hetero) is 1. The van der Waals surface area contributed by atoms with Gasteiger partial charge in [-0.05, 0) is 31.4 Å². The number of rotatable bonds is 6. The summed E-state index contributed by atoms with van der Waals surface area (Å²) in [5.41, 5.74) is 0.633. The smallest absolute Gasteiger partial charge is 0.161 e. The van der Waals surface area contributed by atoms with Crippen molar-refractivity contribution in [2.45, 2.75) is 6.92 Å². The van der Waals surface area contributed by atoms with Crippen molar-refractivity contribution in [3.05, 3.63) is 23.8 Å². The molecule has 0 fully saturated rings. The Kier molecular flexibility index (Phi) is 5.19. The molecule has 4 heteroatoms. The second-order valence-corrected chi connectivity index (χ2v) is 4.25. The Morgan fingerprint density at radius 3 is 2.69 bits per heavy atom. The van der Waals surface area contributed by atoms with Crippen LogP contribution in [0.5, 0.6) is 11.5 Å². The maximum Gasteiger partial charge on any atom is 0.161 e. The molecule has 1 aromatic rings. The van der Waals surface area contributed by atoms with Gasteiger partial charge in [0.25, 0.3) is 0 Å². The van der Waals surface area contributed by atoms with E-state index in [9.17, 15) is 4.79 Å². The van der Waals surface area contributed by atoms with E-state index in [1.54, 1.807) is 37.1 Å². The van der Waals surface area contributed by atoms with Crippen LogP contribution in [0.25, 0.3) is 0 Å². The molecular formula is C12H16O3S. The highest BCUT2D eigenvalue weighted by molar-refractivity contribution is 7.98. The van der Waals surface area contributed by atoms with Crippen LogP contribution in [0, 0.1) is 0 Å². The lowest BCUT2D eigenvalue weighted by atomic mass is 10.1. The molecule has 0 aliphatic carbocycles. The van der Waals surface area contributed by atoms with E-state index in [2.05, 4.69) is 0 Å². The van der Waals surface area contributed by atoms with E-state index in [4.69, 9.17) is 9.47 Å². The van der Waals surface area contributed by atoms with Crippen LogP contribution in [0.1, 0.15) is 17.3 Å². The van der Waals surface area contributed by atoms with Gasteiger partial charge < -0.3 is 9.47 Å². The Bertz CT molecular complexity index is 363. The number of methoxy groups -OCH3 is 1. The zero-order valence-corrected chi connectivity index (χ0v) is 10.6. The van der Waals surface area contributed by atoms with Gasteiger partial charge in [-0.15, -0.1) is 0 Å². The zero-order chi connectivity index (χ0) is 12.0. The van der Waals surface area contributed by atoms with Crippen molar-refractivity contribution in [3.63, 3.8) is 0 Å². The molecule has 1 aromatic carbocycles. The average molecular weight is 240 g/mol. The molecule has 0 atom stereocenters. The summed E-state index contributed by atoms with van der Waals surface area (Å²) in [5.74, 6) is 2.24. The molecule has 88 valence electrons. The van der Waals surface area contributed by atoms with Gasteiger partial charge in [-0.3, -0.25) is 4.79 Å². The maximum absolute atomic E-state index is 11.2. The van der Waals surface area contributed by atoms with Crippen molar-refractivity contribution < 1.29 is 14.3 Å². The molecule has 3 nitrogen and oxygen atoms in total. The minimum atomic E-state index is 0.0222. The Labute approximate surface area is 100 Å². The molecule has 0 aliphatic rings. The predicted octanol–water partition coefficient (Wildman–Crippen LogP) is 2.64. The highest BCUT2D eigenvalue weighted by atomic mass is 32.2. The summed E-state index contributed by atoms with van der Waals surface area (Å²) in [7, 11) is 1.57. The van der Waals surface area contributed by atoms with Crippen LogP contribution >= 0.6 is 11.8 Å². The van der Waals surface area contributed by atoms with Crippen molar-refractivity contribution >= 4 is 17.5 Å². The van der Waals surface area contributed by atoms with Gasteiger partial charge in [0.15, 0.2) is 17.3 Å². The number of hydrogen-bond donors (Lipinski definition) is 0. The number of carbonyl (C=O) groups excluding carboxylic acids is 1. The topological polar surface area (TPSA) is 35.5 Å². The van der Waals surface area contributed by atoms with Crippen molar-refractivity contribution in [2.24, 2.45) is 0 Å². The third kappa shape index (κ3) is 3.45. The van der Waals surface area contributed by atoms with Crippen LogP contribution in [0.4, 0.5) is 0 Å². The molecule has 0 spiro atoms. The monoisotopic (exact) mass is 240 g/mol. The van der Waals surface area contributed by atoms with Crippen LogP contribution in [-0.2, 0) is 0 Å². The minimum Gasteiger partial charge on any atom is -0.493 e. The Morgan fingerprint density at radius 2 is 2.12 bits per heavy atom. The number of ether oxygens (including phenoxy) is 2. The Hall–Kier alpha value is -1.16. The number of benzene rings is 1. The van der Waals surface area contributed by atoms with Gasteiger partial charge in [-0.1, -0.05) is 0 Å². The minimum absolute atomic E-state index is 0.0222. The van der Waals surface area contributed by atoms with Crippen molar-refractivity contribution in [2.75, 3.05) is 25.7 Å². The molecule has 0 bridgehead atoms. The Morgan fingerprint density at radius 1 is 1.38 bits per heavy atom. The zero-order valence-electron chi connectivity index (χ0n) is 9.78. The van der Waals surface area contributed by atoms with E-state index in [1.165, 1.54) is 6.92 Å². The van der Waals surface area contributed by atoms with Gasteiger partial charge >= 0.3 is 0 Å². The van der Waals surface area contributed by atoms with Crippen LogP contribution in [0.15, 0.2) is 18.2 Å². The van der Waals surface area contributed by atoms with Gasteiger partial charge in [0.1, 0.15) is 0 Å². The molecule has 0 heterocycles. The molecule has 0 aromatic heterocycles.